The van der Waals surface area contributed by atoms with Crippen LogP contribution in [0.4, 0.5) is 0 Å². The molecule has 0 amide bonds. The summed E-state index contributed by atoms with van der Waals surface area (Å²) in [6, 6.07) is 0.348. The average molecular weight is 465 g/mol. The average Bonchev–Trinajstić information content (AvgIpc) is 3.02. The van der Waals surface area contributed by atoms with Crippen LogP contribution in [0.25, 0.3) is 0 Å². The molecule has 1 fully saturated rings. The zero-order valence-electron chi connectivity index (χ0n) is 15.6. The van der Waals surface area contributed by atoms with Crippen molar-refractivity contribution < 1.29 is 4.74 Å². The number of nitrogens with zero attached hydrogens (tertiary/aromatic N) is 5. The summed E-state index contributed by atoms with van der Waals surface area (Å²) in [5, 5.41) is 14.8. The van der Waals surface area contributed by atoms with Gasteiger partial charge in [-0.1, -0.05) is 6.92 Å². The van der Waals surface area contributed by atoms with Gasteiger partial charge in [-0.3, -0.25) is 9.89 Å². The molecule has 2 N–H and O–H groups in total. The molecule has 1 aromatic heterocycles. The summed E-state index contributed by atoms with van der Waals surface area (Å²) in [4.78, 5) is 7.08. The maximum atomic E-state index is 5.37. The van der Waals surface area contributed by atoms with E-state index in [1.54, 1.807) is 6.33 Å². The molecule has 1 aliphatic rings. The van der Waals surface area contributed by atoms with Crippen molar-refractivity contribution in [3.63, 3.8) is 0 Å². The van der Waals surface area contributed by atoms with Gasteiger partial charge in [-0.25, -0.2) is 0 Å². The summed E-state index contributed by atoms with van der Waals surface area (Å²) in [5.74, 6) is 1.88. The normalized spacial score (nSPS) is 15.9. The standard InChI is InChI=1S/C16H31N7O.HI/c1-4-15-21-19-13-23(15)8-6-18-16(20-14(2)3)17-5-7-22-9-11-24-12-10-22;/h13-14H,4-12H2,1-3H3,(H2,17,18,20);1H. The molecule has 0 unspecified atom stereocenters. The second-order valence-electron chi connectivity index (χ2n) is 6.20. The minimum atomic E-state index is 0. The largest absolute Gasteiger partial charge is 0.379 e. The quantitative estimate of drug-likeness (QED) is 0.335. The van der Waals surface area contributed by atoms with Crippen molar-refractivity contribution in [1.82, 2.24) is 30.3 Å². The number of guanidine groups is 1. The number of aliphatic imine (C=N–C) groups is 1. The summed E-state index contributed by atoms with van der Waals surface area (Å²) in [5.41, 5.74) is 0. The van der Waals surface area contributed by atoms with E-state index in [0.29, 0.717) is 6.04 Å². The van der Waals surface area contributed by atoms with Crippen LogP contribution in [0.2, 0.25) is 0 Å². The molecule has 144 valence electrons. The number of halogens is 1. The molecule has 9 heteroatoms. The van der Waals surface area contributed by atoms with Gasteiger partial charge in [0.25, 0.3) is 0 Å². The predicted molar refractivity (Wildman–Crippen MR) is 111 cm³/mol. The SMILES string of the molecule is CCc1nncn1CCNC(=NCCN1CCOCC1)NC(C)C.I. The molecule has 0 spiro atoms. The number of nitrogens with one attached hydrogen (secondary N) is 2. The van der Waals surface area contributed by atoms with E-state index in [0.717, 1.165) is 70.7 Å². The van der Waals surface area contributed by atoms with Crippen molar-refractivity contribution in [3.05, 3.63) is 12.2 Å². The van der Waals surface area contributed by atoms with Gasteiger partial charge in [0.2, 0.25) is 0 Å². The van der Waals surface area contributed by atoms with Gasteiger partial charge in [0.1, 0.15) is 12.2 Å². The number of hydrogen-bond acceptors (Lipinski definition) is 5. The van der Waals surface area contributed by atoms with Crippen LogP contribution in [0, 0.1) is 0 Å². The lowest BCUT2D eigenvalue weighted by molar-refractivity contribution is 0.0394. The number of morpholine rings is 1. The Kier molecular flexibility index (Phi) is 11.0. The van der Waals surface area contributed by atoms with Gasteiger partial charge < -0.3 is 19.9 Å². The van der Waals surface area contributed by atoms with Crippen LogP contribution in [0.5, 0.6) is 0 Å². The number of hydrogen-bond donors (Lipinski definition) is 2. The Labute approximate surface area is 167 Å². The lowest BCUT2D eigenvalue weighted by atomic mass is 10.4. The Morgan fingerprint density at radius 1 is 1.32 bits per heavy atom. The van der Waals surface area contributed by atoms with Crippen molar-refractivity contribution >= 4 is 29.9 Å². The maximum absolute atomic E-state index is 5.37. The van der Waals surface area contributed by atoms with E-state index >= 15 is 0 Å². The third-order valence-electron chi connectivity index (χ3n) is 3.87. The van der Waals surface area contributed by atoms with Gasteiger partial charge >= 0.3 is 0 Å². The smallest absolute Gasteiger partial charge is 0.191 e. The van der Waals surface area contributed by atoms with E-state index < -0.39 is 0 Å². The zero-order chi connectivity index (χ0) is 17.2. The molecular weight excluding hydrogens is 433 g/mol. The van der Waals surface area contributed by atoms with E-state index in [4.69, 9.17) is 9.73 Å². The second-order valence-corrected chi connectivity index (χ2v) is 6.20. The molecule has 2 heterocycles. The van der Waals surface area contributed by atoms with E-state index in [1.165, 1.54) is 0 Å². The maximum Gasteiger partial charge on any atom is 0.191 e. The topological polar surface area (TPSA) is 79.6 Å². The molecule has 0 aromatic carbocycles. The Bertz CT molecular complexity index is 500. The van der Waals surface area contributed by atoms with E-state index in [-0.39, 0.29) is 24.0 Å². The zero-order valence-corrected chi connectivity index (χ0v) is 17.9. The van der Waals surface area contributed by atoms with Crippen molar-refractivity contribution in [2.24, 2.45) is 4.99 Å². The highest BCUT2D eigenvalue weighted by Crippen LogP contribution is 1.96. The van der Waals surface area contributed by atoms with Crippen LogP contribution < -0.4 is 10.6 Å². The molecule has 0 aliphatic carbocycles. The molecule has 0 atom stereocenters. The molecule has 0 saturated carbocycles. The van der Waals surface area contributed by atoms with Gasteiger partial charge in [-0.05, 0) is 13.8 Å². The Morgan fingerprint density at radius 3 is 2.76 bits per heavy atom. The van der Waals surface area contributed by atoms with E-state index in [1.807, 2.05) is 0 Å². The minimum Gasteiger partial charge on any atom is -0.379 e. The number of ether oxygens (including phenoxy) is 1. The summed E-state index contributed by atoms with van der Waals surface area (Å²) < 4.78 is 7.45. The molecular formula is C16H32IN7O. The molecule has 1 aliphatic heterocycles. The second kappa shape index (κ2) is 12.4. The number of rotatable bonds is 8. The molecule has 8 nitrogen and oxygen atoms in total. The van der Waals surface area contributed by atoms with Crippen molar-refractivity contribution in [3.8, 4) is 0 Å². The van der Waals surface area contributed by atoms with Gasteiger partial charge in [-0.2, -0.15) is 0 Å². The van der Waals surface area contributed by atoms with Crippen LogP contribution in [-0.2, 0) is 17.7 Å². The van der Waals surface area contributed by atoms with Gasteiger partial charge in [0, 0.05) is 45.2 Å². The number of aromatic nitrogens is 3. The highest BCUT2D eigenvalue weighted by molar-refractivity contribution is 14.0. The third-order valence-corrected chi connectivity index (χ3v) is 3.87. The molecule has 1 saturated heterocycles. The van der Waals surface area contributed by atoms with Crippen LogP contribution in [0.3, 0.4) is 0 Å². The lowest BCUT2D eigenvalue weighted by Gasteiger charge is -2.26. The molecule has 2 rings (SSSR count). The number of aryl methyl sites for hydroxylation is 1. The van der Waals surface area contributed by atoms with Crippen LogP contribution in [-0.4, -0.2) is 77.6 Å². The van der Waals surface area contributed by atoms with Crippen LogP contribution in [0.15, 0.2) is 11.3 Å². The van der Waals surface area contributed by atoms with Crippen molar-refractivity contribution in [2.45, 2.75) is 39.8 Å². The van der Waals surface area contributed by atoms with Crippen molar-refractivity contribution in [1.29, 1.82) is 0 Å². The summed E-state index contributed by atoms with van der Waals surface area (Å²) in [6.45, 7) is 13.4. The first-order valence-corrected chi connectivity index (χ1v) is 8.90. The van der Waals surface area contributed by atoms with Crippen molar-refractivity contribution in [2.75, 3.05) is 45.9 Å². The van der Waals surface area contributed by atoms with E-state index in [9.17, 15) is 0 Å². The Balaban J connectivity index is 0.00000312. The first kappa shape index (κ1) is 22.1. The Hall–Kier alpha value is -0.940. The highest BCUT2D eigenvalue weighted by Gasteiger charge is 2.09. The first-order chi connectivity index (χ1) is 11.7. The molecule has 25 heavy (non-hydrogen) atoms. The van der Waals surface area contributed by atoms with Gasteiger partial charge in [-0.15, -0.1) is 34.2 Å². The summed E-state index contributed by atoms with van der Waals surface area (Å²) >= 11 is 0. The third kappa shape index (κ3) is 8.32. The highest BCUT2D eigenvalue weighted by atomic mass is 127. The van der Waals surface area contributed by atoms with Crippen LogP contribution in [0.1, 0.15) is 26.6 Å². The fraction of sp³-hybridized carbons (Fsp3) is 0.812. The fourth-order valence-corrected chi connectivity index (χ4v) is 2.59. The van der Waals surface area contributed by atoms with E-state index in [2.05, 4.69) is 51.1 Å². The predicted octanol–water partition coefficient (Wildman–Crippen LogP) is 0.734. The minimum absolute atomic E-state index is 0. The monoisotopic (exact) mass is 465 g/mol. The first-order valence-electron chi connectivity index (χ1n) is 8.90. The Morgan fingerprint density at radius 2 is 2.08 bits per heavy atom. The lowest BCUT2D eigenvalue weighted by Crippen LogP contribution is -2.43. The summed E-state index contributed by atoms with van der Waals surface area (Å²) in [7, 11) is 0. The fourth-order valence-electron chi connectivity index (χ4n) is 2.59. The van der Waals surface area contributed by atoms with Gasteiger partial charge in [0.05, 0.1) is 19.8 Å². The molecule has 1 aromatic rings. The van der Waals surface area contributed by atoms with Gasteiger partial charge in [0.15, 0.2) is 5.96 Å². The molecule has 0 bridgehead atoms. The molecule has 0 radical (unpaired) electrons. The summed E-state index contributed by atoms with van der Waals surface area (Å²) in [6.07, 6.45) is 2.68. The van der Waals surface area contributed by atoms with Crippen LogP contribution >= 0.6 is 24.0 Å².